The molecule has 0 bridgehead atoms. The lowest BCUT2D eigenvalue weighted by molar-refractivity contribution is 0.401. The van der Waals surface area contributed by atoms with Gasteiger partial charge in [0.15, 0.2) is 0 Å². The Morgan fingerprint density at radius 1 is 1.36 bits per heavy atom. The predicted molar refractivity (Wildman–Crippen MR) is 59.3 cm³/mol. The number of hydrogen-bond acceptors (Lipinski definition) is 3. The lowest BCUT2D eigenvalue weighted by Crippen LogP contribution is -2.50. The average Bonchev–Trinajstić information content (AvgIpc) is 2.27. The van der Waals surface area contributed by atoms with Gasteiger partial charge in [0, 0.05) is 19.6 Å². The van der Waals surface area contributed by atoms with E-state index in [2.05, 4.69) is 28.4 Å². The minimum atomic E-state index is 0.863. The summed E-state index contributed by atoms with van der Waals surface area (Å²) in [5.74, 6) is 1.12. The molecule has 3 heteroatoms. The number of allylic oxidation sites excluding steroid dienone is 1. The van der Waals surface area contributed by atoms with E-state index in [0.717, 1.165) is 37.7 Å². The first-order valence-corrected chi connectivity index (χ1v) is 4.86. The zero-order valence-corrected chi connectivity index (χ0v) is 8.29. The fourth-order valence-corrected chi connectivity index (χ4v) is 1.78. The van der Waals surface area contributed by atoms with E-state index in [1.54, 1.807) is 6.08 Å². The van der Waals surface area contributed by atoms with Crippen LogP contribution in [0.1, 0.15) is 0 Å². The molecule has 0 aromatic carbocycles. The molecule has 0 amide bonds. The zero-order chi connectivity index (χ0) is 9.97. The number of nitrogens with zero attached hydrogens (tertiary/aromatic N) is 2. The van der Waals surface area contributed by atoms with Crippen LogP contribution in [-0.2, 0) is 0 Å². The first-order chi connectivity index (χ1) is 6.85. The standard InChI is InChI=1S/C11H15N3/c1-3-9-8-14-6-5-12-7-11(14)13-10(9)4-2/h3-4,12H,1-2,5-8H2. The van der Waals surface area contributed by atoms with Crippen LogP contribution in [0.15, 0.2) is 41.6 Å². The summed E-state index contributed by atoms with van der Waals surface area (Å²) in [5.41, 5.74) is 2.14. The van der Waals surface area contributed by atoms with Crippen molar-refractivity contribution in [2.24, 2.45) is 4.99 Å². The van der Waals surface area contributed by atoms with E-state index in [4.69, 9.17) is 0 Å². The molecule has 1 fully saturated rings. The molecular formula is C11H15N3. The van der Waals surface area contributed by atoms with Crippen LogP contribution < -0.4 is 5.32 Å². The monoisotopic (exact) mass is 189 g/mol. The highest BCUT2D eigenvalue weighted by molar-refractivity contribution is 5.87. The third-order valence-electron chi connectivity index (χ3n) is 2.59. The van der Waals surface area contributed by atoms with Gasteiger partial charge in [0.2, 0.25) is 0 Å². The lowest BCUT2D eigenvalue weighted by Gasteiger charge is -2.34. The van der Waals surface area contributed by atoms with Gasteiger partial charge < -0.3 is 10.2 Å². The van der Waals surface area contributed by atoms with Gasteiger partial charge >= 0.3 is 0 Å². The van der Waals surface area contributed by atoms with Gasteiger partial charge in [-0.1, -0.05) is 19.2 Å². The minimum absolute atomic E-state index is 0.863. The molecule has 3 nitrogen and oxygen atoms in total. The average molecular weight is 189 g/mol. The van der Waals surface area contributed by atoms with Crippen LogP contribution in [-0.4, -0.2) is 36.9 Å². The molecule has 0 aromatic rings. The molecular weight excluding hydrogens is 174 g/mol. The van der Waals surface area contributed by atoms with Crippen LogP contribution in [0.4, 0.5) is 0 Å². The van der Waals surface area contributed by atoms with Crippen molar-refractivity contribution in [2.45, 2.75) is 0 Å². The number of hydrogen-bond donors (Lipinski definition) is 1. The van der Waals surface area contributed by atoms with Crippen LogP contribution in [0, 0.1) is 0 Å². The molecule has 14 heavy (non-hydrogen) atoms. The van der Waals surface area contributed by atoms with Gasteiger partial charge in [-0.3, -0.25) is 0 Å². The minimum Gasteiger partial charge on any atom is -0.353 e. The molecule has 2 rings (SSSR count). The summed E-state index contributed by atoms with van der Waals surface area (Å²) in [5, 5.41) is 3.31. The number of aliphatic imine (C=N–C) groups is 1. The van der Waals surface area contributed by atoms with E-state index in [9.17, 15) is 0 Å². The molecule has 1 saturated heterocycles. The second kappa shape index (κ2) is 3.80. The van der Waals surface area contributed by atoms with E-state index in [1.807, 2.05) is 6.08 Å². The summed E-state index contributed by atoms with van der Waals surface area (Å²) in [6.45, 7) is 11.4. The highest BCUT2D eigenvalue weighted by Crippen LogP contribution is 2.18. The van der Waals surface area contributed by atoms with Crippen LogP contribution in [0.5, 0.6) is 0 Å². The van der Waals surface area contributed by atoms with Gasteiger partial charge in [0.1, 0.15) is 5.84 Å². The molecule has 2 heterocycles. The van der Waals surface area contributed by atoms with Crippen molar-refractivity contribution in [3.63, 3.8) is 0 Å². The summed E-state index contributed by atoms with van der Waals surface area (Å²) >= 11 is 0. The smallest absolute Gasteiger partial charge is 0.119 e. The zero-order valence-electron chi connectivity index (χ0n) is 8.29. The van der Waals surface area contributed by atoms with Crippen molar-refractivity contribution < 1.29 is 0 Å². The van der Waals surface area contributed by atoms with Gasteiger partial charge in [-0.25, -0.2) is 4.99 Å². The summed E-state index contributed by atoms with van der Waals surface area (Å²) < 4.78 is 0. The van der Waals surface area contributed by atoms with Crippen molar-refractivity contribution in [3.8, 4) is 0 Å². The summed E-state index contributed by atoms with van der Waals surface area (Å²) in [4.78, 5) is 6.84. The SMILES string of the molecule is C=CC1=C(C=C)N=C2CNCCN2C1. The molecule has 0 unspecified atom stereocenters. The Morgan fingerprint density at radius 3 is 2.93 bits per heavy atom. The van der Waals surface area contributed by atoms with Crippen molar-refractivity contribution >= 4 is 5.84 Å². The Hall–Kier alpha value is -1.35. The lowest BCUT2D eigenvalue weighted by atomic mass is 10.1. The maximum atomic E-state index is 4.54. The Labute approximate surface area is 84.5 Å². The molecule has 0 aromatic heterocycles. The van der Waals surface area contributed by atoms with Crippen LogP contribution in [0.25, 0.3) is 0 Å². The van der Waals surface area contributed by atoms with Crippen molar-refractivity contribution in [1.29, 1.82) is 0 Å². The quantitative estimate of drug-likeness (QED) is 0.699. The molecule has 2 aliphatic rings. The fourth-order valence-electron chi connectivity index (χ4n) is 1.78. The number of piperazine rings is 1. The summed E-state index contributed by atoms with van der Waals surface area (Å²) in [6, 6.07) is 0. The van der Waals surface area contributed by atoms with Gasteiger partial charge in [-0.05, 0) is 11.6 Å². The Balaban J connectivity index is 2.31. The largest absolute Gasteiger partial charge is 0.353 e. The first kappa shape index (κ1) is 9.21. The van der Waals surface area contributed by atoms with E-state index in [0.29, 0.717) is 0 Å². The molecule has 2 aliphatic heterocycles. The van der Waals surface area contributed by atoms with E-state index >= 15 is 0 Å². The second-order valence-corrected chi connectivity index (χ2v) is 3.45. The Morgan fingerprint density at radius 2 is 2.21 bits per heavy atom. The second-order valence-electron chi connectivity index (χ2n) is 3.45. The van der Waals surface area contributed by atoms with Crippen molar-refractivity contribution in [1.82, 2.24) is 10.2 Å². The maximum absolute atomic E-state index is 4.54. The normalized spacial score (nSPS) is 21.4. The first-order valence-electron chi connectivity index (χ1n) is 4.86. The molecule has 0 saturated carbocycles. The van der Waals surface area contributed by atoms with Crippen LogP contribution in [0.2, 0.25) is 0 Å². The third kappa shape index (κ3) is 1.51. The number of amidine groups is 1. The summed E-state index contributed by atoms with van der Waals surface area (Å²) in [7, 11) is 0. The van der Waals surface area contributed by atoms with Crippen molar-refractivity contribution in [3.05, 3.63) is 36.6 Å². The number of rotatable bonds is 2. The van der Waals surface area contributed by atoms with Gasteiger partial charge in [0.25, 0.3) is 0 Å². The molecule has 0 radical (unpaired) electrons. The highest BCUT2D eigenvalue weighted by atomic mass is 15.3. The summed E-state index contributed by atoms with van der Waals surface area (Å²) in [6.07, 6.45) is 3.68. The van der Waals surface area contributed by atoms with E-state index in [-0.39, 0.29) is 0 Å². The number of nitrogens with one attached hydrogen (secondary N) is 1. The third-order valence-corrected chi connectivity index (χ3v) is 2.59. The van der Waals surface area contributed by atoms with E-state index in [1.165, 1.54) is 5.57 Å². The molecule has 74 valence electrons. The number of fused-ring (bicyclic) bond motifs is 1. The van der Waals surface area contributed by atoms with Gasteiger partial charge in [-0.15, -0.1) is 0 Å². The van der Waals surface area contributed by atoms with Crippen LogP contribution >= 0.6 is 0 Å². The predicted octanol–water partition coefficient (Wildman–Crippen LogP) is 0.930. The molecule has 0 atom stereocenters. The fraction of sp³-hybridized carbons (Fsp3) is 0.364. The maximum Gasteiger partial charge on any atom is 0.119 e. The van der Waals surface area contributed by atoms with Crippen LogP contribution in [0.3, 0.4) is 0 Å². The highest BCUT2D eigenvalue weighted by Gasteiger charge is 2.21. The van der Waals surface area contributed by atoms with Gasteiger partial charge in [0.05, 0.1) is 12.2 Å². The Kier molecular flexibility index (Phi) is 2.50. The Bertz CT molecular complexity index is 325. The van der Waals surface area contributed by atoms with Crippen molar-refractivity contribution in [2.75, 3.05) is 26.2 Å². The van der Waals surface area contributed by atoms with Gasteiger partial charge in [-0.2, -0.15) is 0 Å². The molecule has 1 N–H and O–H groups in total. The topological polar surface area (TPSA) is 27.6 Å². The molecule has 0 spiro atoms. The van der Waals surface area contributed by atoms with E-state index < -0.39 is 0 Å². The molecule has 0 aliphatic carbocycles.